The van der Waals surface area contributed by atoms with Crippen molar-refractivity contribution in [3.63, 3.8) is 0 Å². The molecule has 5 heterocycles. The molecule has 5 saturated heterocycles. The molecular formula is C64H114O25. The Morgan fingerprint density at radius 1 is 0.371 bits per heavy atom. The van der Waals surface area contributed by atoms with E-state index in [0.717, 1.165) is 103 Å². The molecule has 0 aliphatic carbocycles. The minimum Gasteiger partial charge on any atom is -0.469 e. The summed E-state index contributed by atoms with van der Waals surface area (Å²) >= 11 is 0. The van der Waals surface area contributed by atoms with Crippen LogP contribution in [0.2, 0.25) is 0 Å². The molecular weight excluding hydrogens is 1170 g/mol. The summed E-state index contributed by atoms with van der Waals surface area (Å²) in [7, 11) is 1.39. The van der Waals surface area contributed by atoms with Crippen molar-refractivity contribution in [1.29, 1.82) is 0 Å². The van der Waals surface area contributed by atoms with Gasteiger partial charge in [-0.15, -0.1) is 0 Å². The number of hydrogen-bond donors (Lipinski definition) is 9. The number of carbonyl (C=O) groups is 3. The summed E-state index contributed by atoms with van der Waals surface area (Å²) in [5, 5.41) is 103. The molecule has 5 aliphatic heterocycles. The number of rotatable bonds is 38. The number of methoxy groups -OCH3 is 1. The standard InChI is InChI=1S/C64H114O25/c1-11-14-16-17-18-19-22-26-30-34-43(66)84-58-57(89-60-50(73)46(69)44(67)36(5)78-60)55(87-61-51(74)48(71)53(38(7)80-61)85-59(76)35(4)13-3)40(9)82-64(58)86-54-39(8)81-62(52(75)49(54)72)88-56-47(70)45(68)37(6)79-63(56)83-41(31-27-15-12-2)32-28-24-21-20-23-25-29-33-42(65)77-10/h35-41,44-58,60-64,67-75H,11-34H2,1-10H3/t35-,36-,37+,38-,39-,40-,41-,44-,45-,46+,47-,48-,49-,50+,51+,52+,53-,54-,55-,56+,57+,58+,60-,61-,62-,63-,64-/m0/s1. The highest BCUT2D eigenvalue weighted by Crippen LogP contribution is 2.39. The van der Waals surface area contributed by atoms with Gasteiger partial charge in [0.2, 0.25) is 0 Å². The molecule has 0 bridgehead atoms. The fourth-order valence-corrected chi connectivity index (χ4v) is 12.1. The molecule has 89 heavy (non-hydrogen) atoms. The SMILES string of the molecule is CCCCCCCCCCCC(=O)O[C@H]1[C@H](O[C@@H]2[C@@H](O)[C@@H](O)[C@H](O[C@H]3[C@H](O[C@@H](CCCCC)CCCCCCCCCC(=O)OC)O[C@H](C)[C@H](O)[C@@H]3O)O[C@H]2C)O[C@@H](C)[C@H](O[C@@H]2O[C@@H](C)[C@H](OC(=O)[C@@H](C)CC)[C@@H](O)[C@H]2O)[C@H]1O[C@@H]1O[C@@H](C)[C@H](O)[C@@H](O)[C@H]1O. The van der Waals surface area contributed by atoms with Crippen LogP contribution in [0.5, 0.6) is 0 Å². The van der Waals surface area contributed by atoms with E-state index < -0.39 is 171 Å². The lowest BCUT2D eigenvalue weighted by atomic mass is 9.95. The molecule has 0 unspecified atom stereocenters. The zero-order chi connectivity index (χ0) is 65.5. The smallest absolute Gasteiger partial charge is 0.309 e. The van der Waals surface area contributed by atoms with Crippen LogP contribution in [0.15, 0.2) is 0 Å². The molecule has 0 aromatic heterocycles. The highest BCUT2D eigenvalue weighted by Gasteiger charge is 2.58. The van der Waals surface area contributed by atoms with E-state index in [0.29, 0.717) is 38.5 Å². The van der Waals surface area contributed by atoms with Crippen LogP contribution >= 0.6 is 0 Å². The largest absolute Gasteiger partial charge is 0.469 e. The summed E-state index contributed by atoms with van der Waals surface area (Å²) in [6.07, 6.45) is -18.4. The quantitative estimate of drug-likeness (QED) is 0.0224. The Morgan fingerprint density at radius 2 is 0.753 bits per heavy atom. The third-order valence-electron chi connectivity index (χ3n) is 18.1. The molecule has 0 radical (unpaired) electrons. The number of carbonyl (C=O) groups excluding carboxylic acids is 3. The molecule has 0 amide bonds. The van der Waals surface area contributed by atoms with Crippen LogP contribution in [0.1, 0.15) is 216 Å². The third kappa shape index (κ3) is 22.9. The van der Waals surface area contributed by atoms with Crippen molar-refractivity contribution in [2.45, 2.75) is 376 Å². The predicted octanol–water partition coefficient (Wildman–Crippen LogP) is 4.94. The molecule has 5 aliphatic rings. The van der Waals surface area contributed by atoms with E-state index in [1.165, 1.54) is 41.2 Å². The zero-order valence-corrected chi connectivity index (χ0v) is 54.6. The van der Waals surface area contributed by atoms with Crippen molar-refractivity contribution in [2.75, 3.05) is 7.11 Å². The molecule has 25 nitrogen and oxygen atoms in total. The number of ether oxygens (including phenoxy) is 13. The Kier molecular flexibility index (Phi) is 34.3. The van der Waals surface area contributed by atoms with Crippen LogP contribution in [0.3, 0.4) is 0 Å². The van der Waals surface area contributed by atoms with E-state index >= 15 is 0 Å². The lowest BCUT2D eigenvalue weighted by Crippen LogP contribution is -2.68. The van der Waals surface area contributed by atoms with Crippen molar-refractivity contribution in [2.24, 2.45) is 5.92 Å². The Bertz CT molecular complexity index is 1990. The maximum Gasteiger partial charge on any atom is 0.309 e. The first-order valence-electron chi connectivity index (χ1n) is 33.6. The monoisotopic (exact) mass is 1280 g/mol. The van der Waals surface area contributed by atoms with E-state index in [4.69, 9.17) is 61.6 Å². The molecule has 5 fully saturated rings. The summed E-state index contributed by atoms with van der Waals surface area (Å²) in [4.78, 5) is 38.5. The van der Waals surface area contributed by atoms with Gasteiger partial charge in [0.25, 0.3) is 0 Å². The zero-order valence-electron chi connectivity index (χ0n) is 54.6. The molecule has 25 heteroatoms. The van der Waals surface area contributed by atoms with Crippen LogP contribution in [-0.2, 0) is 76.0 Å². The number of esters is 3. The third-order valence-corrected chi connectivity index (χ3v) is 18.1. The lowest BCUT2D eigenvalue weighted by Gasteiger charge is -2.51. The van der Waals surface area contributed by atoms with E-state index in [-0.39, 0.29) is 18.5 Å². The van der Waals surface area contributed by atoms with E-state index in [9.17, 15) is 60.3 Å². The maximum absolute atomic E-state index is 14.2. The number of aliphatic hydroxyl groups is 9. The van der Waals surface area contributed by atoms with Crippen LogP contribution in [0.25, 0.3) is 0 Å². The van der Waals surface area contributed by atoms with Gasteiger partial charge < -0.3 is 108 Å². The second-order valence-corrected chi connectivity index (χ2v) is 25.5. The van der Waals surface area contributed by atoms with Gasteiger partial charge in [0.1, 0.15) is 79.4 Å². The Morgan fingerprint density at radius 3 is 1.30 bits per heavy atom. The van der Waals surface area contributed by atoms with Gasteiger partial charge in [-0.05, 0) is 66.7 Å². The van der Waals surface area contributed by atoms with Crippen LogP contribution in [-0.4, -0.2) is 231 Å². The summed E-state index contributed by atoms with van der Waals surface area (Å²) < 4.78 is 79.9. The van der Waals surface area contributed by atoms with Gasteiger partial charge in [0.15, 0.2) is 43.7 Å². The fraction of sp³-hybridized carbons (Fsp3) is 0.953. The fourth-order valence-electron chi connectivity index (χ4n) is 12.1. The van der Waals surface area contributed by atoms with Crippen LogP contribution in [0, 0.1) is 5.92 Å². The van der Waals surface area contributed by atoms with Crippen molar-refractivity contribution >= 4 is 17.9 Å². The summed E-state index contributed by atoms with van der Waals surface area (Å²) in [5.41, 5.74) is 0. The Labute approximate surface area is 527 Å². The number of unbranched alkanes of at least 4 members (excludes halogenated alkanes) is 16. The number of aliphatic hydroxyl groups excluding tert-OH is 9. The predicted molar refractivity (Wildman–Crippen MR) is 319 cm³/mol. The average molecular weight is 1280 g/mol. The minimum atomic E-state index is -1.91. The van der Waals surface area contributed by atoms with E-state index in [1.54, 1.807) is 20.8 Å². The maximum atomic E-state index is 14.2. The Balaban J connectivity index is 1.39. The van der Waals surface area contributed by atoms with Gasteiger partial charge >= 0.3 is 17.9 Å². The molecule has 27 atom stereocenters. The summed E-state index contributed by atoms with van der Waals surface area (Å²) in [6, 6.07) is 0. The second-order valence-electron chi connectivity index (χ2n) is 25.5. The average Bonchev–Trinajstić information content (AvgIpc) is 1.15. The van der Waals surface area contributed by atoms with Crippen molar-refractivity contribution in [3.8, 4) is 0 Å². The lowest BCUT2D eigenvalue weighted by molar-refractivity contribution is -0.399. The van der Waals surface area contributed by atoms with Crippen molar-refractivity contribution < 1.29 is 122 Å². The van der Waals surface area contributed by atoms with Crippen LogP contribution < -0.4 is 0 Å². The first-order chi connectivity index (χ1) is 42.5. The van der Waals surface area contributed by atoms with Gasteiger partial charge in [-0.2, -0.15) is 0 Å². The minimum absolute atomic E-state index is 0.0815. The number of hydrogen-bond acceptors (Lipinski definition) is 25. The molecule has 0 spiro atoms. The molecule has 520 valence electrons. The highest BCUT2D eigenvalue weighted by molar-refractivity contribution is 5.72. The van der Waals surface area contributed by atoms with Crippen molar-refractivity contribution in [1.82, 2.24) is 0 Å². The highest BCUT2D eigenvalue weighted by atomic mass is 16.8. The summed E-state index contributed by atoms with van der Waals surface area (Å²) in [5.74, 6) is -2.09. The van der Waals surface area contributed by atoms with Gasteiger partial charge in [0, 0.05) is 12.8 Å². The van der Waals surface area contributed by atoms with E-state index in [1.807, 2.05) is 0 Å². The molecule has 0 aromatic carbocycles. The van der Waals surface area contributed by atoms with Gasteiger partial charge in [-0.3, -0.25) is 14.4 Å². The topological polar surface area (TPSA) is 353 Å². The Hall–Kier alpha value is -2.35. The van der Waals surface area contributed by atoms with Gasteiger partial charge in [-0.25, -0.2) is 0 Å². The molecule has 0 saturated carbocycles. The molecule has 5 rings (SSSR count). The van der Waals surface area contributed by atoms with Gasteiger partial charge in [0.05, 0.1) is 49.7 Å². The van der Waals surface area contributed by atoms with Crippen LogP contribution in [0.4, 0.5) is 0 Å². The first kappa shape index (κ1) is 77.4. The first-order valence-corrected chi connectivity index (χ1v) is 33.6. The second kappa shape index (κ2) is 39.5. The molecule has 0 aromatic rings. The van der Waals surface area contributed by atoms with Gasteiger partial charge in [-0.1, -0.05) is 137 Å². The van der Waals surface area contributed by atoms with Crippen molar-refractivity contribution in [3.05, 3.63) is 0 Å². The normalized spacial score (nSPS) is 38.4. The molecule has 9 N–H and O–H groups in total. The summed E-state index contributed by atoms with van der Waals surface area (Å²) in [6.45, 7) is 15.3. The van der Waals surface area contributed by atoms with E-state index in [2.05, 4.69) is 13.8 Å².